The van der Waals surface area contributed by atoms with Crippen molar-refractivity contribution in [2.75, 3.05) is 25.1 Å². The quantitative estimate of drug-likeness (QED) is 0.540. The van der Waals surface area contributed by atoms with Crippen LogP contribution in [0.1, 0.15) is 49.7 Å². The summed E-state index contributed by atoms with van der Waals surface area (Å²) >= 11 is 0. The molecule has 0 unspecified atom stereocenters. The lowest BCUT2D eigenvalue weighted by molar-refractivity contribution is 0.246. The monoisotopic (exact) mass is 367 g/mol. The summed E-state index contributed by atoms with van der Waals surface area (Å²) in [7, 11) is 0. The number of rotatable bonds is 9. The van der Waals surface area contributed by atoms with Crippen molar-refractivity contribution in [2.45, 2.75) is 52.4 Å². The summed E-state index contributed by atoms with van der Waals surface area (Å²) < 4.78 is 11.7. The molecule has 2 aromatic carbocycles. The molecular weight excluding hydrogens is 334 g/mol. The number of hydrogen-bond donors (Lipinski definition) is 1. The van der Waals surface area contributed by atoms with Gasteiger partial charge in [-0.25, -0.2) is 0 Å². The van der Waals surface area contributed by atoms with Crippen LogP contribution in [0.3, 0.4) is 0 Å². The highest BCUT2D eigenvalue weighted by Crippen LogP contribution is 2.26. The molecule has 1 aliphatic carbocycles. The molecule has 0 aromatic heterocycles. The highest BCUT2D eigenvalue weighted by molar-refractivity contribution is 5.46. The fourth-order valence-electron chi connectivity index (χ4n) is 3.66. The van der Waals surface area contributed by atoms with Crippen LogP contribution < -0.4 is 14.8 Å². The van der Waals surface area contributed by atoms with E-state index in [1.54, 1.807) is 0 Å². The van der Waals surface area contributed by atoms with E-state index in [1.165, 1.54) is 49.7 Å². The lowest BCUT2D eigenvalue weighted by atomic mass is 9.87. The standard InChI is InChI=1S/C24H33NO2/c1-19-8-11-24(18-20(19)2)27-17-15-25-22-9-12-23(13-10-22)26-16-14-21-6-4-3-5-7-21/h8-13,18,21,25H,3-7,14-17H2,1-2H3. The summed E-state index contributed by atoms with van der Waals surface area (Å²) in [6.07, 6.45) is 8.18. The normalized spacial score (nSPS) is 14.7. The van der Waals surface area contributed by atoms with E-state index in [0.29, 0.717) is 6.61 Å². The van der Waals surface area contributed by atoms with E-state index in [0.717, 1.165) is 36.3 Å². The van der Waals surface area contributed by atoms with Crippen molar-refractivity contribution in [3.63, 3.8) is 0 Å². The van der Waals surface area contributed by atoms with Crippen LogP contribution in [0, 0.1) is 19.8 Å². The molecule has 1 aliphatic rings. The summed E-state index contributed by atoms with van der Waals surface area (Å²) in [4.78, 5) is 0. The summed E-state index contributed by atoms with van der Waals surface area (Å²) in [5.41, 5.74) is 3.65. The Labute approximate surface area is 164 Å². The first kappa shape index (κ1) is 19.6. The van der Waals surface area contributed by atoms with Crippen molar-refractivity contribution in [3.05, 3.63) is 53.6 Å². The maximum Gasteiger partial charge on any atom is 0.119 e. The van der Waals surface area contributed by atoms with Crippen molar-refractivity contribution in [1.82, 2.24) is 0 Å². The van der Waals surface area contributed by atoms with Crippen molar-refractivity contribution < 1.29 is 9.47 Å². The predicted octanol–water partition coefficient (Wildman–Crippen LogP) is 6.14. The van der Waals surface area contributed by atoms with Crippen molar-refractivity contribution >= 4 is 5.69 Å². The molecular formula is C24H33NO2. The van der Waals surface area contributed by atoms with Gasteiger partial charge in [-0.2, -0.15) is 0 Å². The molecule has 3 heteroatoms. The molecule has 2 aromatic rings. The average Bonchev–Trinajstić information content (AvgIpc) is 2.70. The highest BCUT2D eigenvalue weighted by Gasteiger charge is 2.13. The second kappa shape index (κ2) is 10.2. The topological polar surface area (TPSA) is 30.5 Å². The molecule has 0 amide bonds. The number of ether oxygens (including phenoxy) is 2. The lowest BCUT2D eigenvalue weighted by Crippen LogP contribution is -2.12. The Bertz CT molecular complexity index is 690. The maximum atomic E-state index is 5.92. The SMILES string of the molecule is Cc1ccc(OCCNc2ccc(OCCC3CCCCC3)cc2)cc1C. The highest BCUT2D eigenvalue weighted by atomic mass is 16.5. The molecule has 3 rings (SSSR count). The largest absolute Gasteiger partial charge is 0.494 e. The lowest BCUT2D eigenvalue weighted by Gasteiger charge is -2.21. The molecule has 0 atom stereocenters. The van der Waals surface area contributed by atoms with Crippen LogP contribution in [0.5, 0.6) is 11.5 Å². The maximum absolute atomic E-state index is 5.92. The second-order valence-corrected chi connectivity index (χ2v) is 7.69. The van der Waals surface area contributed by atoms with E-state index >= 15 is 0 Å². The molecule has 0 spiro atoms. The average molecular weight is 368 g/mol. The number of hydrogen-bond acceptors (Lipinski definition) is 3. The smallest absolute Gasteiger partial charge is 0.119 e. The van der Waals surface area contributed by atoms with Gasteiger partial charge >= 0.3 is 0 Å². The molecule has 27 heavy (non-hydrogen) atoms. The van der Waals surface area contributed by atoms with Gasteiger partial charge in [-0.1, -0.05) is 38.2 Å². The van der Waals surface area contributed by atoms with Crippen LogP contribution >= 0.6 is 0 Å². The van der Waals surface area contributed by atoms with E-state index in [-0.39, 0.29) is 0 Å². The number of nitrogens with one attached hydrogen (secondary N) is 1. The Morgan fingerprint density at radius 3 is 2.26 bits per heavy atom. The third kappa shape index (κ3) is 6.50. The van der Waals surface area contributed by atoms with Gasteiger partial charge in [-0.3, -0.25) is 0 Å². The third-order valence-corrected chi connectivity index (χ3v) is 5.55. The summed E-state index contributed by atoms with van der Waals surface area (Å²) in [5, 5.41) is 3.40. The van der Waals surface area contributed by atoms with Crippen LogP contribution in [-0.4, -0.2) is 19.8 Å². The molecule has 146 valence electrons. The zero-order valence-electron chi connectivity index (χ0n) is 16.8. The summed E-state index contributed by atoms with van der Waals surface area (Å²) in [6, 6.07) is 14.5. The van der Waals surface area contributed by atoms with E-state index in [1.807, 2.05) is 18.2 Å². The van der Waals surface area contributed by atoms with Gasteiger partial charge in [0, 0.05) is 12.2 Å². The van der Waals surface area contributed by atoms with Gasteiger partial charge in [0.1, 0.15) is 18.1 Å². The molecule has 0 heterocycles. The van der Waals surface area contributed by atoms with Gasteiger partial charge < -0.3 is 14.8 Å². The summed E-state index contributed by atoms with van der Waals surface area (Å²) in [5.74, 6) is 2.77. The fourth-order valence-corrected chi connectivity index (χ4v) is 3.66. The minimum Gasteiger partial charge on any atom is -0.494 e. The zero-order chi connectivity index (χ0) is 18.9. The Kier molecular flexibility index (Phi) is 7.44. The van der Waals surface area contributed by atoms with E-state index in [2.05, 4.69) is 43.4 Å². The van der Waals surface area contributed by atoms with E-state index in [4.69, 9.17) is 9.47 Å². The van der Waals surface area contributed by atoms with Crippen molar-refractivity contribution in [1.29, 1.82) is 0 Å². The number of aryl methyl sites for hydroxylation is 2. The molecule has 1 N–H and O–H groups in total. The van der Waals surface area contributed by atoms with Gasteiger partial charge in [-0.15, -0.1) is 0 Å². The molecule has 1 fully saturated rings. The molecule has 3 nitrogen and oxygen atoms in total. The van der Waals surface area contributed by atoms with Crippen LogP contribution in [0.25, 0.3) is 0 Å². The minimum absolute atomic E-state index is 0.641. The Morgan fingerprint density at radius 1 is 0.815 bits per heavy atom. The Hall–Kier alpha value is -2.16. The van der Waals surface area contributed by atoms with Crippen molar-refractivity contribution in [2.24, 2.45) is 5.92 Å². The van der Waals surface area contributed by atoms with Crippen LogP contribution in [0.2, 0.25) is 0 Å². The molecule has 1 saturated carbocycles. The Balaban J connectivity index is 1.33. The Morgan fingerprint density at radius 2 is 1.52 bits per heavy atom. The van der Waals surface area contributed by atoms with Crippen LogP contribution in [0.4, 0.5) is 5.69 Å². The van der Waals surface area contributed by atoms with Crippen molar-refractivity contribution in [3.8, 4) is 11.5 Å². The molecule has 0 saturated heterocycles. The first-order chi connectivity index (χ1) is 13.2. The molecule has 0 bridgehead atoms. The van der Waals surface area contributed by atoms with Gasteiger partial charge in [0.15, 0.2) is 0 Å². The van der Waals surface area contributed by atoms with E-state index < -0.39 is 0 Å². The second-order valence-electron chi connectivity index (χ2n) is 7.69. The van der Waals surface area contributed by atoms with Gasteiger partial charge in [0.05, 0.1) is 6.61 Å². The van der Waals surface area contributed by atoms with Crippen LogP contribution in [-0.2, 0) is 0 Å². The number of benzene rings is 2. The van der Waals surface area contributed by atoms with Crippen LogP contribution in [0.15, 0.2) is 42.5 Å². The minimum atomic E-state index is 0.641. The predicted molar refractivity (Wildman–Crippen MR) is 113 cm³/mol. The number of anilines is 1. The summed E-state index contributed by atoms with van der Waals surface area (Å²) in [6.45, 7) is 6.47. The molecule has 0 radical (unpaired) electrons. The van der Waals surface area contributed by atoms with Gasteiger partial charge in [0.25, 0.3) is 0 Å². The van der Waals surface area contributed by atoms with Gasteiger partial charge in [-0.05, 0) is 73.7 Å². The fraction of sp³-hybridized carbons (Fsp3) is 0.500. The zero-order valence-corrected chi connectivity index (χ0v) is 16.8. The first-order valence-corrected chi connectivity index (χ1v) is 10.4. The van der Waals surface area contributed by atoms with Gasteiger partial charge in [0.2, 0.25) is 0 Å². The third-order valence-electron chi connectivity index (χ3n) is 5.55. The van der Waals surface area contributed by atoms with E-state index in [9.17, 15) is 0 Å². The molecule has 0 aliphatic heterocycles. The first-order valence-electron chi connectivity index (χ1n) is 10.4.